The Morgan fingerprint density at radius 1 is 1.38 bits per heavy atom. The second kappa shape index (κ2) is 5.43. The first kappa shape index (κ1) is 15.1. The Morgan fingerprint density at radius 2 is 2.14 bits per heavy atom. The van der Waals surface area contributed by atoms with Gasteiger partial charge in [0.05, 0.1) is 6.10 Å². The van der Waals surface area contributed by atoms with Gasteiger partial charge in [0.2, 0.25) is 0 Å². The molecule has 120 valence electrons. The van der Waals surface area contributed by atoms with Crippen molar-refractivity contribution in [2.75, 3.05) is 26.9 Å². The highest BCUT2D eigenvalue weighted by atomic mass is 16.5. The van der Waals surface area contributed by atoms with Crippen molar-refractivity contribution < 1.29 is 14.3 Å². The van der Waals surface area contributed by atoms with Crippen LogP contribution < -0.4 is 10.6 Å². The van der Waals surface area contributed by atoms with Gasteiger partial charge in [0.15, 0.2) is 0 Å². The van der Waals surface area contributed by atoms with E-state index in [0.29, 0.717) is 17.4 Å². The van der Waals surface area contributed by atoms with Gasteiger partial charge in [-0.1, -0.05) is 13.8 Å². The molecule has 0 aromatic carbocycles. The van der Waals surface area contributed by atoms with Crippen molar-refractivity contribution in [3.8, 4) is 0 Å². The van der Waals surface area contributed by atoms with Gasteiger partial charge in [-0.05, 0) is 31.1 Å². The molecule has 21 heavy (non-hydrogen) atoms. The average molecular weight is 296 g/mol. The topological polar surface area (TPSA) is 59.6 Å². The van der Waals surface area contributed by atoms with Crippen molar-refractivity contribution in [1.29, 1.82) is 0 Å². The molecule has 0 spiro atoms. The lowest BCUT2D eigenvalue weighted by atomic mass is 9.57. The molecule has 1 aliphatic heterocycles. The second-order valence-corrected chi connectivity index (χ2v) is 7.61. The monoisotopic (exact) mass is 296 g/mol. The SMILES string of the molecule is COCCC1(CNC(=O)N[C@@H]2[C@H]3CCO[C@H]3C2(C)C)CC1. The third-order valence-corrected chi connectivity index (χ3v) is 5.80. The van der Waals surface area contributed by atoms with Crippen LogP contribution in [0.3, 0.4) is 0 Å². The summed E-state index contributed by atoms with van der Waals surface area (Å²) in [5.74, 6) is 0.495. The van der Waals surface area contributed by atoms with Crippen molar-refractivity contribution in [2.45, 2.75) is 51.7 Å². The molecule has 0 unspecified atom stereocenters. The van der Waals surface area contributed by atoms with Crippen molar-refractivity contribution in [3.63, 3.8) is 0 Å². The standard InChI is InChI=1S/C16H28N2O3/c1-15(2)12(11-4-8-21-13(11)15)18-14(19)17-10-16(5-6-16)7-9-20-3/h11-13H,4-10H2,1-3H3,(H2,17,18,19)/t11-,12-,13-/m1/s1. The molecular weight excluding hydrogens is 268 g/mol. The van der Waals surface area contributed by atoms with Crippen LogP contribution >= 0.6 is 0 Å². The molecule has 0 radical (unpaired) electrons. The summed E-state index contributed by atoms with van der Waals surface area (Å²) in [5.41, 5.74) is 0.341. The first-order chi connectivity index (χ1) is 9.98. The average Bonchev–Trinajstić information content (AvgIpc) is 3.08. The van der Waals surface area contributed by atoms with Crippen molar-refractivity contribution >= 4 is 6.03 Å². The molecule has 1 heterocycles. The summed E-state index contributed by atoms with van der Waals surface area (Å²) >= 11 is 0. The maximum atomic E-state index is 12.2. The van der Waals surface area contributed by atoms with E-state index in [2.05, 4.69) is 24.5 Å². The maximum Gasteiger partial charge on any atom is 0.315 e. The van der Waals surface area contributed by atoms with Gasteiger partial charge in [0.25, 0.3) is 0 Å². The van der Waals surface area contributed by atoms with E-state index in [-0.39, 0.29) is 17.5 Å². The summed E-state index contributed by atoms with van der Waals surface area (Å²) in [7, 11) is 1.73. The van der Waals surface area contributed by atoms with Crippen LogP contribution in [0.5, 0.6) is 0 Å². The molecule has 3 rings (SSSR count). The predicted octanol–water partition coefficient (Wildman–Crippen LogP) is 1.92. The molecule has 3 aliphatic rings. The van der Waals surface area contributed by atoms with Crippen LogP contribution in [-0.2, 0) is 9.47 Å². The van der Waals surface area contributed by atoms with Gasteiger partial charge < -0.3 is 20.1 Å². The fraction of sp³-hybridized carbons (Fsp3) is 0.938. The number of fused-ring (bicyclic) bond motifs is 1. The Morgan fingerprint density at radius 3 is 2.81 bits per heavy atom. The van der Waals surface area contributed by atoms with Gasteiger partial charge >= 0.3 is 6.03 Å². The third-order valence-electron chi connectivity index (χ3n) is 5.80. The van der Waals surface area contributed by atoms with Crippen LogP contribution in [0, 0.1) is 16.7 Å². The highest BCUT2D eigenvalue weighted by Gasteiger charge is 2.59. The van der Waals surface area contributed by atoms with Crippen LogP contribution in [0.15, 0.2) is 0 Å². The number of methoxy groups -OCH3 is 1. The normalized spacial score (nSPS) is 34.7. The molecule has 0 bridgehead atoms. The quantitative estimate of drug-likeness (QED) is 0.787. The molecular formula is C16H28N2O3. The predicted molar refractivity (Wildman–Crippen MR) is 80.1 cm³/mol. The number of rotatable bonds is 6. The molecule has 1 saturated heterocycles. The fourth-order valence-corrected chi connectivity index (χ4v) is 4.09. The Bertz CT molecular complexity index is 406. The highest BCUT2D eigenvalue weighted by molar-refractivity contribution is 5.74. The fourth-order valence-electron chi connectivity index (χ4n) is 4.09. The Balaban J connectivity index is 1.45. The van der Waals surface area contributed by atoms with Gasteiger partial charge in [-0.2, -0.15) is 0 Å². The number of amides is 2. The third kappa shape index (κ3) is 2.78. The smallest absolute Gasteiger partial charge is 0.315 e. The zero-order valence-electron chi connectivity index (χ0n) is 13.4. The highest BCUT2D eigenvalue weighted by Crippen LogP contribution is 2.52. The van der Waals surface area contributed by atoms with Crippen LogP contribution in [-0.4, -0.2) is 45.0 Å². The molecule has 2 amide bonds. The zero-order chi connectivity index (χ0) is 15.1. The molecule has 5 heteroatoms. The van der Waals surface area contributed by atoms with Crippen LogP contribution in [0.2, 0.25) is 0 Å². The van der Waals surface area contributed by atoms with Crippen LogP contribution in [0.25, 0.3) is 0 Å². The number of nitrogens with one attached hydrogen (secondary N) is 2. The zero-order valence-corrected chi connectivity index (χ0v) is 13.4. The van der Waals surface area contributed by atoms with Gasteiger partial charge in [-0.15, -0.1) is 0 Å². The van der Waals surface area contributed by atoms with E-state index < -0.39 is 0 Å². The lowest BCUT2D eigenvalue weighted by Gasteiger charge is -2.54. The number of carbonyl (C=O) groups is 1. The molecule has 3 fully saturated rings. The first-order valence-corrected chi connectivity index (χ1v) is 8.13. The number of carbonyl (C=O) groups excluding carboxylic acids is 1. The number of hydrogen-bond acceptors (Lipinski definition) is 3. The van der Waals surface area contributed by atoms with E-state index in [1.54, 1.807) is 7.11 Å². The summed E-state index contributed by atoms with van der Waals surface area (Å²) in [4.78, 5) is 12.2. The largest absolute Gasteiger partial charge is 0.385 e. The van der Waals surface area contributed by atoms with Crippen LogP contribution in [0.4, 0.5) is 4.79 Å². The first-order valence-electron chi connectivity index (χ1n) is 8.13. The molecule has 2 aliphatic carbocycles. The molecule has 0 aromatic rings. The lowest BCUT2D eigenvalue weighted by Crippen LogP contribution is -2.67. The van der Waals surface area contributed by atoms with Gasteiger partial charge in [-0.25, -0.2) is 4.79 Å². The Labute approximate surface area is 127 Å². The number of hydrogen-bond donors (Lipinski definition) is 2. The Kier molecular flexibility index (Phi) is 3.91. The summed E-state index contributed by atoms with van der Waals surface area (Å²) in [6, 6.07) is 0.209. The number of ether oxygens (including phenoxy) is 2. The summed E-state index contributed by atoms with van der Waals surface area (Å²) in [6.07, 6.45) is 4.82. The van der Waals surface area contributed by atoms with E-state index >= 15 is 0 Å². The summed E-state index contributed by atoms with van der Waals surface area (Å²) in [5, 5.41) is 6.24. The van der Waals surface area contributed by atoms with Crippen LogP contribution in [0.1, 0.15) is 39.5 Å². The van der Waals surface area contributed by atoms with Crippen molar-refractivity contribution in [3.05, 3.63) is 0 Å². The summed E-state index contributed by atoms with van der Waals surface area (Å²) < 4.78 is 10.9. The maximum absolute atomic E-state index is 12.2. The van der Waals surface area contributed by atoms with Gasteiger partial charge in [0.1, 0.15) is 0 Å². The van der Waals surface area contributed by atoms with E-state index in [9.17, 15) is 4.79 Å². The second-order valence-electron chi connectivity index (χ2n) is 7.61. The molecule has 0 aromatic heterocycles. The molecule has 2 N–H and O–H groups in total. The van der Waals surface area contributed by atoms with Gasteiger partial charge in [0, 0.05) is 44.2 Å². The summed E-state index contributed by atoms with van der Waals surface area (Å²) in [6.45, 7) is 6.75. The molecule has 2 saturated carbocycles. The minimum Gasteiger partial charge on any atom is -0.385 e. The minimum absolute atomic E-state index is 0.0258. The lowest BCUT2D eigenvalue weighted by molar-refractivity contribution is -0.108. The van der Waals surface area contributed by atoms with E-state index in [4.69, 9.17) is 9.47 Å². The van der Waals surface area contributed by atoms with Crippen molar-refractivity contribution in [2.24, 2.45) is 16.7 Å². The van der Waals surface area contributed by atoms with Gasteiger partial charge in [-0.3, -0.25) is 0 Å². The van der Waals surface area contributed by atoms with Crippen molar-refractivity contribution in [1.82, 2.24) is 10.6 Å². The Hall–Kier alpha value is -0.810. The minimum atomic E-state index is -0.0258. The van der Waals surface area contributed by atoms with E-state index in [1.165, 1.54) is 12.8 Å². The number of urea groups is 1. The molecule has 5 nitrogen and oxygen atoms in total. The van der Waals surface area contributed by atoms with E-state index in [0.717, 1.165) is 32.6 Å². The molecule has 3 atom stereocenters. The van der Waals surface area contributed by atoms with E-state index in [1.807, 2.05) is 0 Å².